The summed E-state index contributed by atoms with van der Waals surface area (Å²) in [6.45, 7) is 8.66. The SMILES string of the molecule is CCC(CC)(CN)NC(=O)c1cc(Br)cn1C(C)C. The molecule has 1 rings (SSSR count). The van der Waals surface area contributed by atoms with Gasteiger partial charge in [0.2, 0.25) is 0 Å². The van der Waals surface area contributed by atoms with Crippen molar-refractivity contribution in [3.05, 3.63) is 22.4 Å². The van der Waals surface area contributed by atoms with Crippen LogP contribution in [0.4, 0.5) is 0 Å². The van der Waals surface area contributed by atoms with Crippen LogP contribution in [0.1, 0.15) is 57.1 Å². The molecule has 3 N–H and O–H groups in total. The lowest BCUT2D eigenvalue weighted by molar-refractivity contribution is 0.0884. The van der Waals surface area contributed by atoms with E-state index in [0.29, 0.717) is 12.2 Å². The quantitative estimate of drug-likeness (QED) is 0.842. The van der Waals surface area contributed by atoms with Crippen molar-refractivity contribution in [3.8, 4) is 0 Å². The van der Waals surface area contributed by atoms with E-state index in [0.717, 1.165) is 17.3 Å². The second-order valence-electron chi connectivity index (χ2n) is 5.19. The average molecular weight is 330 g/mol. The van der Waals surface area contributed by atoms with Crippen molar-refractivity contribution in [2.45, 2.75) is 52.1 Å². The van der Waals surface area contributed by atoms with E-state index in [2.05, 4.69) is 35.1 Å². The smallest absolute Gasteiger partial charge is 0.268 e. The molecule has 0 aliphatic heterocycles. The van der Waals surface area contributed by atoms with Crippen LogP contribution in [0, 0.1) is 0 Å². The number of carbonyl (C=O) groups excluding carboxylic acids is 1. The maximum atomic E-state index is 12.5. The molecule has 0 aliphatic rings. The normalized spacial score (nSPS) is 11.9. The first-order valence-corrected chi connectivity index (χ1v) is 7.58. The van der Waals surface area contributed by atoms with Crippen molar-refractivity contribution in [1.82, 2.24) is 9.88 Å². The monoisotopic (exact) mass is 329 g/mol. The van der Waals surface area contributed by atoms with E-state index >= 15 is 0 Å². The van der Waals surface area contributed by atoms with Gasteiger partial charge in [0.25, 0.3) is 5.91 Å². The third-order valence-electron chi connectivity index (χ3n) is 3.73. The molecule has 0 aromatic carbocycles. The number of nitrogens with one attached hydrogen (secondary N) is 1. The van der Waals surface area contributed by atoms with Crippen LogP contribution in [0.15, 0.2) is 16.7 Å². The number of hydrogen-bond acceptors (Lipinski definition) is 2. The van der Waals surface area contributed by atoms with Crippen LogP contribution in [0.25, 0.3) is 0 Å². The average Bonchev–Trinajstić information content (AvgIpc) is 2.78. The molecule has 108 valence electrons. The molecule has 4 nitrogen and oxygen atoms in total. The van der Waals surface area contributed by atoms with E-state index < -0.39 is 0 Å². The van der Waals surface area contributed by atoms with E-state index in [4.69, 9.17) is 5.73 Å². The highest BCUT2D eigenvalue weighted by molar-refractivity contribution is 9.10. The van der Waals surface area contributed by atoms with E-state index in [-0.39, 0.29) is 17.5 Å². The van der Waals surface area contributed by atoms with Gasteiger partial charge < -0.3 is 15.6 Å². The van der Waals surface area contributed by atoms with E-state index in [9.17, 15) is 4.79 Å². The molecule has 5 heteroatoms. The summed E-state index contributed by atoms with van der Waals surface area (Å²) >= 11 is 3.42. The van der Waals surface area contributed by atoms with Gasteiger partial charge in [0.15, 0.2) is 0 Å². The fourth-order valence-electron chi connectivity index (χ4n) is 2.13. The second kappa shape index (κ2) is 6.57. The number of nitrogens with zero attached hydrogens (tertiary/aromatic N) is 1. The Labute approximate surface area is 123 Å². The first-order chi connectivity index (χ1) is 8.89. The molecule has 0 atom stereocenters. The number of rotatable bonds is 6. The molecule has 1 amide bonds. The van der Waals surface area contributed by atoms with Crippen LogP contribution in [0.3, 0.4) is 0 Å². The summed E-state index contributed by atoms with van der Waals surface area (Å²) in [6.07, 6.45) is 3.59. The number of nitrogens with two attached hydrogens (primary N) is 1. The van der Waals surface area contributed by atoms with Gasteiger partial charge in [0, 0.05) is 23.3 Å². The van der Waals surface area contributed by atoms with E-state index in [1.807, 2.05) is 30.7 Å². The lowest BCUT2D eigenvalue weighted by Crippen LogP contribution is -2.53. The molecule has 1 aromatic rings. The van der Waals surface area contributed by atoms with Crippen LogP contribution in [0.5, 0.6) is 0 Å². The minimum Gasteiger partial charge on any atom is -0.344 e. The minimum absolute atomic E-state index is 0.0615. The van der Waals surface area contributed by atoms with Crippen molar-refractivity contribution < 1.29 is 4.79 Å². The summed E-state index contributed by atoms with van der Waals surface area (Å²) in [6, 6.07) is 2.09. The van der Waals surface area contributed by atoms with Crippen molar-refractivity contribution >= 4 is 21.8 Å². The molecule has 0 bridgehead atoms. The Morgan fingerprint density at radius 1 is 1.47 bits per heavy atom. The van der Waals surface area contributed by atoms with Gasteiger partial charge in [0.1, 0.15) is 5.69 Å². The number of amides is 1. The summed E-state index contributed by atoms with van der Waals surface area (Å²) in [4.78, 5) is 12.5. The lowest BCUT2D eigenvalue weighted by atomic mass is 9.93. The van der Waals surface area contributed by atoms with Crippen LogP contribution in [-0.4, -0.2) is 22.6 Å². The Bertz CT molecular complexity index is 428. The third kappa shape index (κ3) is 3.60. The highest BCUT2D eigenvalue weighted by atomic mass is 79.9. The largest absolute Gasteiger partial charge is 0.344 e. The Morgan fingerprint density at radius 3 is 2.47 bits per heavy atom. The zero-order valence-corrected chi connectivity index (χ0v) is 13.8. The summed E-state index contributed by atoms with van der Waals surface area (Å²) in [5, 5.41) is 3.10. The Kier molecular flexibility index (Phi) is 5.62. The number of hydrogen-bond donors (Lipinski definition) is 2. The molecule has 1 aromatic heterocycles. The van der Waals surface area contributed by atoms with Crippen LogP contribution < -0.4 is 11.1 Å². The minimum atomic E-state index is -0.310. The van der Waals surface area contributed by atoms with Gasteiger partial charge in [-0.25, -0.2) is 0 Å². The standard InChI is InChI=1S/C14H24BrN3O/c1-5-14(6-2,9-16)17-13(19)12-7-11(15)8-18(12)10(3)4/h7-8,10H,5-6,9,16H2,1-4H3,(H,17,19). The zero-order chi connectivity index (χ0) is 14.6. The van der Waals surface area contributed by atoms with Gasteiger partial charge in [0.05, 0.1) is 5.54 Å². The summed E-state index contributed by atoms with van der Waals surface area (Å²) in [7, 11) is 0. The maximum Gasteiger partial charge on any atom is 0.268 e. The van der Waals surface area contributed by atoms with Gasteiger partial charge in [-0.05, 0) is 48.7 Å². The van der Waals surface area contributed by atoms with Gasteiger partial charge in [-0.3, -0.25) is 4.79 Å². The zero-order valence-electron chi connectivity index (χ0n) is 12.2. The lowest BCUT2D eigenvalue weighted by Gasteiger charge is -2.31. The molecule has 0 unspecified atom stereocenters. The number of carbonyl (C=O) groups is 1. The molecule has 0 saturated carbocycles. The van der Waals surface area contributed by atoms with Gasteiger partial charge >= 0.3 is 0 Å². The molecule has 0 radical (unpaired) electrons. The van der Waals surface area contributed by atoms with Crippen LogP contribution in [-0.2, 0) is 0 Å². The maximum absolute atomic E-state index is 12.5. The Hall–Kier alpha value is -0.810. The molecule has 0 saturated heterocycles. The highest BCUT2D eigenvalue weighted by Crippen LogP contribution is 2.21. The molecule has 19 heavy (non-hydrogen) atoms. The molecular formula is C14H24BrN3O. The Morgan fingerprint density at radius 2 is 2.05 bits per heavy atom. The first kappa shape index (κ1) is 16.2. The van der Waals surface area contributed by atoms with E-state index in [1.165, 1.54) is 0 Å². The fraction of sp³-hybridized carbons (Fsp3) is 0.643. The fourth-order valence-corrected chi connectivity index (χ4v) is 2.56. The summed E-state index contributed by atoms with van der Waals surface area (Å²) < 4.78 is 2.88. The molecular weight excluding hydrogens is 306 g/mol. The van der Waals surface area contributed by atoms with Gasteiger partial charge in [-0.1, -0.05) is 13.8 Å². The Balaban J connectivity index is 3.01. The van der Waals surface area contributed by atoms with E-state index in [1.54, 1.807) is 0 Å². The number of aromatic nitrogens is 1. The highest BCUT2D eigenvalue weighted by Gasteiger charge is 2.28. The predicted octanol–water partition coefficient (Wildman–Crippen LogP) is 3.08. The van der Waals surface area contributed by atoms with Gasteiger partial charge in [-0.2, -0.15) is 0 Å². The van der Waals surface area contributed by atoms with Crippen molar-refractivity contribution in [2.75, 3.05) is 6.54 Å². The van der Waals surface area contributed by atoms with Crippen molar-refractivity contribution in [1.29, 1.82) is 0 Å². The summed E-state index contributed by atoms with van der Waals surface area (Å²) in [5.74, 6) is -0.0615. The number of halogens is 1. The molecule has 1 heterocycles. The second-order valence-corrected chi connectivity index (χ2v) is 6.11. The summed E-state index contributed by atoms with van der Waals surface area (Å²) in [5.41, 5.74) is 6.19. The van der Waals surface area contributed by atoms with Crippen molar-refractivity contribution in [3.63, 3.8) is 0 Å². The topological polar surface area (TPSA) is 60.0 Å². The predicted molar refractivity (Wildman–Crippen MR) is 82.4 cm³/mol. The van der Waals surface area contributed by atoms with Crippen molar-refractivity contribution in [2.24, 2.45) is 5.73 Å². The first-order valence-electron chi connectivity index (χ1n) is 6.79. The molecule has 0 fully saturated rings. The molecule has 0 aliphatic carbocycles. The third-order valence-corrected chi connectivity index (χ3v) is 4.16. The molecule has 0 spiro atoms. The van der Waals surface area contributed by atoms with Gasteiger partial charge in [-0.15, -0.1) is 0 Å². The van der Waals surface area contributed by atoms with Crippen LogP contribution in [0.2, 0.25) is 0 Å². The van der Waals surface area contributed by atoms with Crippen LogP contribution >= 0.6 is 15.9 Å².